The van der Waals surface area contributed by atoms with E-state index >= 15 is 0 Å². The third-order valence-electron chi connectivity index (χ3n) is 3.66. The molecule has 4 nitrogen and oxygen atoms in total. The van der Waals surface area contributed by atoms with Gasteiger partial charge in [-0.05, 0) is 24.8 Å². The maximum atomic E-state index is 11.8. The summed E-state index contributed by atoms with van der Waals surface area (Å²) in [4.78, 5) is 24.7. The Bertz CT molecular complexity index is 451. The number of aliphatic carboxylic acids is 1. The Kier molecular flexibility index (Phi) is 3.36. The van der Waals surface area contributed by atoms with Gasteiger partial charge in [0.2, 0.25) is 5.91 Å². The molecule has 1 aromatic rings. The van der Waals surface area contributed by atoms with Gasteiger partial charge in [-0.3, -0.25) is 4.79 Å². The third kappa shape index (κ3) is 2.10. The molecule has 1 N–H and O–H groups in total. The SMILES string of the molecule is CC(=O)N(Cc1ccccc1)C1(C(=O)O)CCC1. The Labute approximate surface area is 106 Å². The highest BCUT2D eigenvalue weighted by atomic mass is 16.4. The van der Waals surface area contributed by atoms with E-state index in [9.17, 15) is 14.7 Å². The molecule has 0 bridgehead atoms. The van der Waals surface area contributed by atoms with Crippen LogP contribution >= 0.6 is 0 Å². The van der Waals surface area contributed by atoms with Crippen molar-refractivity contribution in [3.63, 3.8) is 0 Å². The van der Waals surface area contributed by atoms with E-state index in [2.05, 4.69) is 0 Å². The second-order valence-corrected chi connectivity index (χ2v) is 4.78. The molecule has 0 atom stereocenters. The minimum absolute atomic E-state index is 0.180. The van der Waals surface area contributed by atoms with Crippen LogP contribution in [-0.2, 0) is 16.1 Å². The Hall–Kier alpha value is -1.84. The quantitative estimate of drug-likeness (QED) is 0.885. The first-order valence-electron chi connectivity index (χ1n) is 6.12. The highest BCUT2D eigenvalue weighted by Crippen LogP contribution is 2.39. The van der Waals surface area contributed by atoms with Gasteiger partial charge >= 0.3 is 5.97 Å². The van der Waals surface area contributed by atoms with Crippen molar-refractivity contribution >= 4 is 11.9 Å². The molecule has 1 fully saturated rings. The summed E-state index contributed by atoms with van der Waals surface area (Å²) in [5.41, 5.74) is -0.0259. The topological polar surface area (TPSA) is 57.6 Å². The van der Waals surface area contributed by atoms with Crippen molar-refractivity contribution in [2.75, 3.05) is 0 Å². The first-order chi connectivity index (χ1) is 8.56. The van der Waals surface area contributed by atoms with Crippen molar-refractivity contribution in [3.05, 3.63) is 35.9 Å². The Morgan fingerprint density at radius 2 is 1.89 bits per heavy atom. The van der Waals surface area contributed by atoms with Crippen LogP contribution in [0.5, 0.6) is 0 Å². The number of carboxylic acids is 1. The lowest BCUT2D eigenvalue weighted by molar-refractivity contribution is -0.166. The van der Waals surface area contributed by atoms with E-state index in [0.717, 1.165) is 12.0 Å². The molecular formula is C14H17NO3. The molecule has 0 radical (unpaired) electrons. The average molecular weight is 247 g/mol. The predicted octanol–water partition coefficient (Wildman–Crippen LogP) is 2.04. The number of nitrogens with zero attached hydrogens (tertiary/aromatic N) is 1. The van der Waals surface area contributed by atoms with Crippen LogP contribution in [0, 0.1) is 0 Å². The van der Waals surface area contributed by atoms with Gasteiger partial charge in [-0.15, -0.1) is 0 Å². The van der Waals surface area contributed by atoms with Gasteiger partial charge in [0, 0.05) is 13.5 Å². The summed E-state index contributed by atoms with van der Waals surface area (Å²) in [5.74, 6) is -1.07. The molecule has 0 spiro atoms. The van der Waals surface area contributed by atoms with Crippen molar-refractivity contribution < 1.29 is 14.7 Å². The number of hydrogen-bond acceptors (Lipinski definition) is 2. The number of hydrogen-bond donors (Lipinski definition) is 1. The zero-order valence-electron chi connectivity index (χ0n) is 10.4. The molecule has 18 heavy (non-hydrogen) atoms. The summed E-state index contributed by atoms with van der Waals surface area (Å²) in [6.45, 7) is 1.80. The molecular weight excluding hydrogens is 230 g/mol. The number of carbonyl (C=O) groups excluding carboxylic acids is 1. The van der Waals surface area contributed by atoms with Crippen LogP contribution in [0.15, 0.2) is 30.3 Å². The smallest absolute Gasteiger partial charge is 0.329 e. The summed E-state index contributed by atoms with van der Waals surface area (Å²) in [5, 5.41) is 9.39. The number of benzene rings is 1. The molecule has 1 aliphatic carbocycles. The number of carbonyl (C=O) groups is 2. The molecule has 0 heterocycles. The molecule has 1 aliphatic rings. The fourth-order valence-electron chi connectivity index (χ4n) is 2.44. The Morgan fingerprint density at radius 3 is 2.28 bits per heavy atom. The van der Waals surface area contributed by atoms with Gasteiger partial charge in [-0.25, -0.2) is 4.79 Å². The monoisotopic (exact) mass is 247 g/mol. The van der Waals surface area contributed by atoms with Gasteiger partial charge < -0.3 is 10.0 Å². The van der Waals surface area contributed by atoms with Crippen molar-refractivity contribution in [3.8, 4) is 0 Å². The van der Waals surface area contributed by atoms with Gasteiger partial charge in [0.25, 0.3) is 0 Å². The van der Waals surface area contributed by atoms with Crippen LogP contribution in [0.1, 0.15) is 31.7 Å². The molecule has 96 valence electrons. The molecule has 2 rings (SSSR count). The van der Waals surface area contributed by atoms with Gasteiger partial charge in [0.1, 0.15) is 5.54 Å². The van der Waals surface area contributed by atoms with Gasteiger partial charge in [-0.2, -0.15) is 0 Å². The summed E-state index contributed by atoms with van der Waals surface area (Å²) in [6.07, 6.45) is 1.97. The Balaban J connectivity index is 2.24. The van der Waals surface area contributed by atoms with E-state index in [1.165, 1.54) is 11.8 Å². The van der Waals surface area contributed by atoms with E-state index in [1.807, 2.05) is 30.3 Å². The standard InChI is InChI=1S/C14H17NO3/c1-11(16)15(10-12-6-3-2-4-7-12)14(13(17)18)8-5-9-14/h2-4,6-7H,5,8-10H2,1H3,(H,17,18). The summed E-state index contributed by atoms with van der Waals surface area (Å²) in [7, 11) is 0. The van der Waals surface area contributed by atoms with E-state index in [0.29, 0.717) is 19.4 Å². The largest absolute Gasteiger partial charge is 0.479 e. The molecule has 1 amide bonds. The molecule has 0 unspecified atom stereocenters. The fraction of sp³-hybridized carbons (Fsp3) is 0.429. The second kappa shape index (κ2) is 4.80. The minimum Gasteiger partial charge on any atom is -0.479 e. The highest BCUT2D eigenvalue weighted by Gasteiger charge is 2.50. The van der Waals surface area contributed by atoms with Crippen LogP contribution in [0.4, 0.5) is 0 Å². The van der Waals surface area contributed by atoms with Crippen molar-refractivity contribution in [2.24, 2.45) is 0 Å². The third-order valence-corrected chi connectivity index (χ3v) is 3.66. The second-order valence-electron chi connectivity index (χ2n) is 4.78. The lowest BCUT2D eigenvalue weighted by Gasteiger charge is -2.46. The fourth-order valence-corrected chi connectivity index (χ4v) is 2.44. The maximum Gasteiger partial charge on any atom is 0.329 e. The zero-order valence-corrected chi connectivity index (χ0v) is 10.4. The van der Waals surface area contributed by atoms with E-state index in [4.69, 9.17) is 0 Å². The zero-order chi connectivity index (χ0) is 13.2. The van der Waals surface area contributed by atoms with E-state index in [-0.39, 0.29) is 5.91 Å². The van der Waals surface area contributed by atoms with Crippen LogP contribution < -0.4 is 0 Å². The molecule has 4 heteroatoms. The van der Waals surface area contributed by atoms with Crippen molar-refractivity contribution in [1.29, 1.82) is 0 Å². The molecule has 1 saturated carbocycles. The highest BCUT2D eigenvalue weighted by molar-refractivity contribution is 5.87. The molecule has 1 aromatic carbocycles. The predicted molar refractivity (Wildman–Crippen MR) is 66.9 cm³/mol. The Morgan fingerprint density at radius 1 is 1.28 bits per heavy atom. The minimum atomic E-state index is -0.984. The van der Waals surface area contributed by atoms with Crippen LogP contribution in [0.2, 0.25) is 0 Å². The van der Waals surface area contributed by atoms with Gasteiger partial charge in [0.05, 0.1) is 0 Å². The first-order valence-corrected chi connectivity index (χ1v) is 6.12. The number of amides is 1. The van der Waals surface area contributed by atoms with Crippen LogP contribution in [0.25, 0.3) is 0 Å². The van der Waals surface area contributed by atoms with E-state index in [1.54, 1.807) is 0 Å². The molecule has 0 aromatic heterocycles. The average Bonchev–Trinajstić information content (AvgIpc) is 2.27. The molecule has 0 aliphatic heterocycles. The number of carboxylic acid groups (broad SMARTS) is 1. The lowest BCUT2D eigenvalue weighted by atomic mass is 9.75. The summed E-state index contributed by atoms with van der Waals surface area (Å²) < 4.78 is 0. The lowest BCUT2D eigenvalue weighted by Crippen LogP contribution is -2.60. The van der Waals surface area contributed by atoms with Crippen LogP contribution in [-0.4, -0.2) is 27.4 Å². The first kappa shape index (κ1) is 12.6. The summed E-state index contributed by atoms with van der Waals surface area (Å²) >= 11 is 0. The van der Waals surface area contributed by atoms with Crippen molar-refractivity contribution in [2.45, 2.75) is 38.3 Å². The van der Waals surface area contributed by atoms with Crippen LogP contribution in [0.3, 0.4) is 0 Å². The van der Waals surface area contributed by atoms with Gasteiger partial charge in [0.15, 0.2) is 0 Å². The summed E-state index contributed by atoms with van der Waals surface area (Å²) in [6, 6.07) is 9.50. The number of rotatable bonds is 4. The normalized spacial score (nSPS) is 16.7. The van der Waals surface area contributed by atoms with E-state index < -0.39 is 11.5 Å². The van der Waals surface area contributed by atoms with Gasteiger partial charge in [-0.1, -0.05) is 30.3 Å². The maximum absolute atomic E-state index is 11.8. The van der Waals surface area contributed by atoms with Crippen molar-refractivity contribution in [1.82, 2.24) is 4.90 Å². The molecule has 0 saturated heterocycles.